The third kappa shape index (κ3) is 5.67. The summed E-state index contributed by atoms with van der Waals surface area (Å²) in [6.07, 6.45) is 4.24. The van der Waals surface area contributed by atoms with Crippen LogP contribution in [0.5, 0.6) is 5.75 Å². The Kier molecular flexibility index (Phi) is 8.49. The second kappa shape index (κ2) is 11.0. The van der Waals surface area contributed by atoms with Gasteiger partial charge in [-0.2, -0.15) is 13.2 Å². The van der Waals surface area contributed by atoms with Crippen LogP contribution in [0.25, 0.3) is 0 Å². The predicted octanol–water partition coefficient (Wildman–Crippen LogP) is 4.98. The molecule has 0 spiro atoms. The van der Waals surface area contributed by atoms with E-state index in [0.717, 1.165) is 37.5 Å². The minimum absolute atomic E-state index is 0.00866. The molecular formula is C25H34F3NO5. The summed E-state index contributed by atoms with van der Waals surface area (Å²) in [7, 11) is 0. The van der Waals surface area contributed by atoms with Crippen molar-refractivity contribution in [3.05, 3.63) is 29.3 Å². The largest absolute Gasteiger partial charge is 0.490 e. The summed E-state index contributed by atoms with van der Waals surface area (Å²) in [5, 5.41) is 10.9. The van der Waals surface area contributed by atoms with Crippen molar-refractivity contribution in [3.8, 4) is 5.75 Å². The van der Waals surface area contributed by atoms with Gasteiger partial charge in [-0.25, -0.2) is 4.79 Å². The number of nitrogens with one attached hydrogen (secondary N) is 1. The quantitative estimate of drug-likeness (QED) is 0.437. The van der Waals surface area contributed by atoms with Crippen LogP contribution < -0.4 is 10.1 Å². The van der Waals surface area contributed by atoms with Crippen LogP contribution in [0.2, 0.25) is 0 Å². The summed E-state index contributed by atoms with van der Waals surface area (Å²) in [6, 6.07) is 7.17. The van der Waals surface area contributed by atoms with Gasteiger partial charge in [-0.3, -0.25) is 4.79 Å². The van der Waals surface area contributed by atoms with Crippen molar-refractivity contribution in [1.29, 1.82) is 0 Å². The van der Waals surface area contributed by atoms with Gasteiger partial charge >= 0.3 is 18.1 Å². The number of halogens is 3. The van der Waals surface area contributed by atoms with E-state index < -0.39 is 12.1 Å². The monoisotopic (exact) mass is 485 g/mol. The number of aliphatic carboxylic acids is 1. The molecule has 1 saturated heterocycles. The fourth-order valence-corrected chi connectivity index (χ4v) is 5.89. The minimum atomic E-state index is -5.08. The topological polar surface area (TPSA) is 84.9 Å². The predicted molar refractivity (Wildman–Crippen MR) is 120 cm³/mol. The minimum Gasteiger partial charge on any atom is -0.475 e. The summed E-state index contributed by atoms with van der Waals surface area (Å²) in [6.45, 7) is 5.17. The highest BCUT2D eigenvalue weighted by Gasteiger charge is 2.51. The fourth-order valence-electron chi connectivity index (χ4n) is 5.89. The van der Waals surface area contributed by atoms with Crippen LogP contribution in [-0.4, -0.2) is 42.6 Å². The Labute approximate surface area is 198 Å². The van der Waals surface area contributed by atoms with Gasteiger partial charge in [-0.1, -0.05) is 32.8 Å². The summed E-state index contributed by atoms with van der Waals surface area (Å²) < 4.78 is 42.9. The molecule has 2 aliphatic carbocycles. The molecule has 4 rings (SSSR count). The van der Waals surface area contributed by atoms with Crippen molar-refractivity contribution < 1.29 is 37.3 Å². The van der Waals surface area contributed by atoms with Crippen LogP contribution in [-0.2, 0) is 26.2 Å². The van der Waals surface area contributed by atoms with E-state index in [9.17, 15) is 18.0 Å². The Morgan fingerprint density at radius 1 is 1.21 bits per heavy atom. The van der Waals surface area contributed by atoms with E-state index in [1.807, 2.05) is 19.9 Å². The van der Waals surface area contributed by atoms with E-state index in [1.165, 1.54) is 43.2 Å². The van der Waals surface area contributed by atoms with Crippen molar-refractivity contribution in [2.45, 2.75) is 82.8 Å². The number of ether oxygens (including phenoxy) is 2. The lowest BCUT2D eigenvalue weighted by Gasteiger charge is -2.56. The molecule has 3 atom stereocenters. The molecule has 6 nitrogen and oxygen atoms in total. The van der Waals surface area contributed by atoms with Crippen LogP contribution in [0, 0.1) is 11.8 Å². The Balaban J connectivity index is 0.000000406. The van der Waals surface area contributed by atoms with Gasteiger partial charge in [0.15, 0.2) is 0 Å². The Morgan fingerprint density at radius 2 is 1.91 bits per heavy atom. The number of rotatable bonds is 6. The van der Waals surface area contributed by atoms with E-state index >= 15 is 0 Å². The Hall–Kier alpha value is -2.29. The molecule has 1 aliphatic heterocycles. The Morgan fingerprint density at radius 3 is 2.56 bits per heavy atom. The standard InChI is InChI=1S/C23H33NO3.C2HF3O2/c1-3-16(4-2)22(25)27-15-26-18-9-8-17-13-21-19-7-5-6-10-23(19,11-12-24-21)20(17)14-18;3-2(4,5)1(6)7/h8-9,14,16,19,21,24H,3-7,10-13,15H2,1-2H3;(H,6,7)/t19-,21-,23+;/m1./s1. The first-order valence-electron chi connectivity index (χ1n) is 12.1. The summed E-state index contributed by atoms with van der Waals surface area (Å²) >= 11 is 0. The lowest BCUT2D eigenvalue weighted by Crippen LogP contribution is -2.59. The molecule has 1 aromatic carbocycles. The normalized spacial score (nSPS) is 25.4. The molecule has 2 fully saturated rings. The first kappa shape index (κ1) is 26.3. The third-order valence-corrected chi connectivity index (χ3v) is 7.61. The average molecular weight is 486 g/mol. The van der Waals surface area contributed by atoms with Crippen LogP contribution >= 0.6 is 0 Å². The summed E-state index contributed by atoms with van der Waals surface area (Å²) in [5.41, 5.74) is 3.31. The summed E-state index contributed by atoms with van der Waals surface area (Å²) in [5.74, 6) is -1.33. The van der Waals surface area contributed by atoms with E-state index in [2.05, 4.69) is 17.4 Å². The number of carboxylic acid groups (broad SMARTS) is 1. The lowest BCUT2D eigenvalue weighted by atomic mass is 9.53. The van der Waals surface area contributed by atoms with Gasteiger partial charge in [-0.05, 0) is 74.2 Å². The zero-order valence-corrected chi connectivity index (χ0v) is 19.7. The number of alkyl halides is 3. The number of carbonyl (C=O) groups excluding carboxylic acids is 1. The van der Waals surface area contributed by atoms with Gasteiger partial charge in [0.2, 0.25) is 6.79 Å². The van der Waals surface area contributed by atoms with Crippen LogP contribution in [0.1, 0.15) is 69.9 Å². The maximum absolute atomic E-state index is 12.0. The smallest absolute Gasteiger partial charge is 0.475 e. The van der Waals surface area contributed by atoms with E-state index in [-0.39, 0.29) is 18.7 Å². The van der Waals surface area contributed by atoms with Gasteiger partial charge in [0.25, 0.3) is 0 Å². The summed E-state index contributed by atoms with van der Waals surface area (Å²) in [4.78, 5) is 20.9. The molecule has 2 bridgehead atoms. The zero-order chi connectivity index (χ0) is 24.9. The molecule has 0 unspecified atom stereocenters. The number of hydrogen-bond donors (Lipinski definition) is 2. The number of carboxylic acids is 1. The SMILES string of the molecule is CCC(CC)C(=O)OCOc1ccc2c(c1)[C@]13CCCC[C@@H]1[C@@H](C2)NCC3.O=C(O)C(F)(F)F. The maximum Gasteiger partial charge on any atom is 0.490 e. The molecule has 0 amide bonds. The number of piperidine rings is 1. The van der Waals surface area contributed by atoms with E-state index in [4.69, 9.17) is 19.4 Å². The lowest BCUT2D eigenvalue weighted by molar-refractivity contribution is -0.192. The fraction of sp³-hybridized carbons (Fsp3) is 0.680. The van der Waals surface area contributed by atoms with Crippen LogP contribution in [0.3, 0.4) is 0 Å². The van der Waals surface area contributed by atoms with Crippen molar-refractivity contribution in [2.24, 2.45) is 11.8 Å². The van der Waals surface area contributed by atoms with E-state index in [1.54, 1.807) is 0 Å². The van der Waals surface area contributed by atoms with Crippen molar-refractivity contribution in [3.63, 3.8) is 0 Å². The number of benzene rings is 1. The first-order chi connectivity index (χ1) is 16.1. The number of hydrogen-bond acceptors (Lipinski definition) is 5. The van der Waals surface area contributed by atoms with Gasteiger partial charge < -0.3 is 19.9 Å². The Bertz CT molecular complexity index is 867. The number of carbonyl (C=O) groups is 2. The number of fused-ring (bicyclic) bond motifs is 1. The molecule has 0 radical (unpaired) electrons. The van der Waals surface area contributed by atoms with Crippen molar-refractivity contribution >= 4 is 11.9 Å². The maximum atomic E-state index is 12.0. The van der Waals surface area contributed by atoms with E-state index in [0.29, 0.717) is 11.5 Å². The average Bonchev–Trinajstić information content (AvgIpc) is 2.80. The molecule has 2 N–H and O–H groups in total. The van der Waals surface area contributed by atoms with Gasteiger partial charge in [0.05, 0.1) is 5.92 Å². The van der Waals surface area contributed by atoms with Crippen molar-refractivity contribution in [2.75, 3.05) is 13.3 Å². The van der Waals surface area contributed by atoms with Gasteiger partial charge in [-0.15, -0.1) is 0 Å². The number of esters is 1. The van der Waals surface area contributed by atoms with Crippen LogP contribution in [0.4, 0.5) is 13.2 Å². The van der Waals surface area contributed by atoms with Crippen LogP contribution in [0.15, 0.2) is 18.2 Å². The van der Waals surface area contributed by atoms with Gasteiger partial charge in [0.1, 0.15) is 5.75 Å². The van der Waals surface area contributed by atoms with Crippen molar-refractivity contribution in [1.82, 2.24) is 5.32 Å². The zero-order valence-electron chi connectivity index (χ0n) is 19.7. The molecule has 3 aliphatic rings. The highest BCUT2D eigenvalue weighted by molar-refractivity contribution is 5.73. The molecule has 1 aromatic rings. The first-order valence-corrected chi connectivity index (χ1v) is 12.1. The third-order valence-electron chi connectivity index (χ3n) is 7.61. The second-order valence-electron chi connectivity index (χ2n) is 9.38. The molecule has 1 saturated carbocycles. The highest BCUT2D eigenvalue weighted by Crippen LogP contribution is 2.54. The molecule has 9 heteroatoms. The van der Waals surface area contributed by atoms with Gasteiger partial charge in [0, 0.05) is 11.5 Å². The second-order valence-corrected chi connectivity index (χ2v) is 9.38. The molecule has 34 heavy (non-hydrogen) atoms. The molecular weight excluding hydrogens is 451 g/mol. The molecule has 1 heterocycles. The highest BCUT2D eigenvalue weighted by atomic mass is 19.4. The molecule has 0 aromatic heterocycles. The molecule has 190 valence electrons.